The number of hydrogen-bond donors (Lipinski definition) is 1. The highest BCUT2D eigenvalue weighted by Crippen LogP contribution is 1.88. The first-order chi connectivity index (χ1) is 4.34. The topological polar surface area (TPSA) is 72.0 Å². The predicted octanol–water partition coefficient (Wildman–Crippen LogP) is 0.0414. The van der Waals surface area contributed by atoms with Gasteiger partial charge in [-0.05, 0) is 0 Å². The molecule has 48 valence electrons. The SMILES string of the molecule is COC(=N)c1ncon1. The third-order valence-corrected chi connectivity index (χ3v) is 0.769. The highest BCUT2D eigenvalue weighted by atomic mass is 16.5. The summed E-state index contributed by atoms with van der Waals surface area (Å²) in [5, 5.41) is 10.3. The first-order valence-electron chi connectivity index (χ1n) is 2.24. The zero-order valence-corrected chi connectivity index (χ0v) is 4.79. The van der Waals surface area contributed by atoms with Crippen molar-refractivity contribution in [2.45, 2.75) is 0 Å². The normalized spacial score (nSPS) is 9.00. The number of methoxy groups -OCH3 is 1. The van der Waals surface area contributed by atoms with Crippen LogP contribution in [0.1, 0.15) is 5.82 Å². The molecule has 5 heteroatoms. The fourth-order valence-electron chi connectivity index (χ4n) is 0.362. The average Bonchev–Trinajstić information content (AvgIpc) is 2.37. The van der Waals surface area contributed by atoms with Crippen molar-refractivity contribution in [2.24, 2.45) is 0 Å². The quantitative estimate of drug-likeness (QED) is 0.427. The molecule has 0 saturated heterocycles. The Morgan fingerprint density at radius 2 is 2.67 bits per heavy atom. The van der Waals surface area contributed by atoms with Gasteiger partial charge in [-0.15, -0.1) is 0 Å². The van der Waals surface area contributed by atoms with Crippen LogP contribution >= 0.6 is 0 Å². The van der Waals surface area contributed by atoms with Gasteiger partial charge in [-0.25, -0.2) is 0 Å². The van der Waals surface area contributed by atoms with Crippen LogP contribution in [-0.2, 0) is 4.74 Å². The first kappa shape index (κ1) is 5.74. The summed E-state index contributed by atoms with van der Waals surface area (Å²) < 4.78 is 8.85. The summed E-state index contributed by atoms with van der Waals surface area (Å²) in [6.07, 6.45) is 1.14. The maximum Gasteiger partial charge on any atom is 0.256 e. The number of nitrogens with one attached hydrogen (secondary N) is 1. The Hall–Kier alpha value is -1.39. The Morgan fingerprint density at radius 3 is 3.11 bits per heavy atom. The molecule has 1 N–H and O–H groups in total. The van der Waals surface area contributed by atoms with Crippen molar-refractivity contribution >= 4 is 5.90 Å². The van der Waals surface area contributed by atoms with Crippen molar-refractivity contribution in [3.8, 4) is 0 Å². The molecule has 1 rings (SSSR count). The summed E-state index contributed by atoms with van der Waals surface area (Å²) in [6.45, 7) is 0. The van der Waals surface area contributed by atoms with E-state index in [1.165, 1.54) is 7.11 Å². The number of nitrogens with zero attached hydrogens (tertiary/aromatic N) is 2. The molecule has 0 aliphatic heterocycles. The molecule has 0 spiro atoms. The van der Waals surface area contributed by atoms with Gasteiger partial charge in [0, 0.05) is 0 Å². The van der Waals surface area contributed by atoms with E-state index in [2.05, 4.69) is 19.4 Å². The van der Waals surface area contributed by atoms with Crippen molar-refractivity contribution in [1.82, 2.24) is 10.1 Å². The Kier molecular flexibility index (Phi) is 1.44. The third-order valence-electron chi connectivity index (χ3n) is 0.769. The van der Waals surface area contributed by atoms with Crippen LogP contribution in [-0.4, -0.2) is 23.1 Å². The van der Waals surface area contributed by atoms with Gasteiger partial charge >= 0.3 is 0 Å². The second kappa shape index (κ2) is 2.25. The second-order valence-electron chi connectivity index (χ2n) is 1.29. The van der Waals surface area contributed by atoms with E-state index >= 15 is 0 Å². The second-order valence-corrected chi connectivity index (χ2v) is 1.29. The molecule has 0 aliphatic carbocycles. The number of hydrogen-bond acceptors (Lipinski definition) is 5. The number of ether oxygens (including phenoxy) is 1. The molecular weight excluding hydrogens is 122 g/mol. The Labute approximate surface area is 51.1 Å². The lowest BCUT2D eigenvalue weighted by Gasteiger charge is -1.91. The highest BCUT2D eigenvalue weighted by Gasteiger charge is 2.03. The number of rotatable bonds is 1. The van der Waals surface area contributed by atoms with Crippen LogP contribution in [0.15, 0.2) is 10.9 Å². The summed E-state index contributed by atoms with van der Waals surface area (Å²) >= 11 is 0. The summed E-state index contributed by atoms with van der Waals surface area (Å²) in [7, 11) is 1.37. The Bertz CT molecular complexity index is 194. The van der Waals surface area contributed by atoms with Gasteiger partial charge in [0.15, 0.2) is 0 Å². The maximum atomic E-state index is 6.99. The zero-order chi connectivity index (χ0) is 6.69. The molecule has 9 heavy (non-hydrogen) atoms. The monoisotopic (exact) mass is 127 g/mol. The molecule has 5 nitrogen and oxygen atoms in total. The van der Waals surface area contributed by atoms with Gasteiger partial charge in [-0.1, -0.05) is 5.16 Å². The van der Waals surface area contributed by atoms with E-state index in [-0.39, 0.29) is 11.7 Å². The molecule has 0 atom stereocenters. The van der Waals surface area contributed by atoms with Crippen LogP contribution < -0.4 is 0 Å². The molecule has 0 amide bonds. The van der Waals surface area contributed by atoms with E-state index < -0.39 is 0 Å². The van der Waals surface area contributed by atoms with E-state index in [4.69, 9.17) is 5.41 Å². The van der Waals surface area contributed by atoms with Gasteiger partial charge < -0.3 is 9.26 Å². The predicted molar refractivity (Wildman–Crippen MR) is 28.1 cm³/mol. The van der Waals surface area contributed by atoms with Gasteiger partial charge in [0.1, 0.15) is 0 Å². The number of aromatic nitrogens is 2. The lowest BCUT2D eigenvalue weighted by Crippen LogP contribution is -2.02. The molecule has 0 aromatic carbocycles. The van der Waals surface area contributed by atoms with Crippen molar-refractivity contribution in [1.29, 1.82) is 5.41 Å². The first-order valence-corrected chi connectivity index (χ1v) is 2.24. The molecule has 0 radical (unpaired) electrons. The van der Waals surface area contributed by atoms with Crippen molar-refractivity contribution in [2.75, 3.05) is 7.11 Å². The molecule has 0 bridgehead atoms. The van der Waals surface area contributed by atoms with Gasteiger partial charge in [0.2, 0.25) is 6.39 Å². The van der Waals surface area contributed by atoms with Crippen molar-refractivity contribution in [3.63, 3.8) is 0 Å². The Balaban J connectivity index is 2.77. The fourth-order valence-corrected chi connectivity index (χ4v) is 0.362. The lowest BCUT2D eigenvalue weighted by atomic mass is 10.6. The average molecular weight is 127 g/mol. The van der Waals surface area contributed by atoms with E-state index in [0.29, 0.717) is 0 Å². The van der Waals surface area contributed by atoms with Crippen molar-refractivity contribution < 1.29 is 9.26 Å². The van der Waals surface area contributed by atoms with Crippen LogP contribution in [0, 0.1) is 5.41 Å². The maximum absolute atomic E-state index is 6.99. The molecule has 0 unspecified atom stereocenters. The van der Waals surface area contributed by atoms with Crippen molar-refractivity contribution in [3.05, 3.63) is 12.2 Å². The van der Waals surface area contributed by atoms with Crippen LogP contribution in [0.25, 0.3) is 0 Å². The lowest BCUT2D eigenvalue weighted by molar-refractivity contribution is 0.384. The minimum absolute atomic E-state index is 0.0937. The molecule has 1 heterocycles. The van der Waals surface area contributed by atoms with E-state index in [9.17, 15) is 0 Å². The van der Waals surface area contributed by atoms with Gasteiger partial charge in [0.05, 0.1) is 7.11 Å². The van der Waals surface area contributed by atoms with E-state index in [1.54, 1.807) is 0 Å². The largest absolute Gasteiger partial charge is 0.479 e. The van der Waals surface area contributed by atoms with Crippen LogP contribution in [0.2, 0.25) is 0 Å². The summed E-state index contributed by atoms with van der Waals surface area (Å²) in [4.78, 5) is 3.56. The Morgan fingerprint density at radius 1 is 1.89 bits per heavy atom. The zero-order valence-electron chi connectivity index (χ0n) is 4.79. The minimum atomic E-state index is -0.0937. The van der Waals surface area contributed by atoms with Gasteiger partial charge in [-0.2, -0.15) is 4.98 Å². The smallest absolute Gasteiger partial charge is 0.256 e. The summed E-state index contributed by atoms with van der Waals surface area (Å²) in [5.74, 6) is 0.0706. The summed E-state index contributed by atoms with van der Waals surface area (Å²) in [5.41, 5.74) is 0. The van der Waals surface area contributed by atoms with Crippen LogP contribution in [0.4, 0.5) is 0 Å². The highest BCUT2D eigenvalue weighted by molar-refractivity contribution is 5.86. The minimum Gasteiger partial charge on any atom is -0.479 e. The van der Waals surface area contributed by atoms with Gasteiger partial charge in [0.25, 0.3) is 11.7 Å². The summed E-state index contributed by atoms with van der Waals surface area (Å²) in [6, 6.07) is 0. The molecule has 1 aromatic rings. The van der Waals surface area contributed by atoms with E-state index in [0.717, 1.165) is 6.39 Å². The third kappa shape index (κ3) is 1.04. The standard InChI is InChI=1S/C4H5N3O2/c1-8-3(5)4-6-2-9-7-4/h2,5H,1H3. The van der Waals surface area contributed by atoms with E-state index in [1.807, 2.05) is 0 Å². The molecule has 0 saturated carbocycles. The van der Waals surface area contributed by atoms with Crippen LogP contribution in [0.3, 0.4) is 0 Å². The van der Waals surface area contributed by atoms with Gasteiger partial charge in [-0.3, -0.25) is 5.41 Å². The molecular formula is C4H5N3O2. The molecule has 1 aromatic heterocycles. The molecule has 0 aliphatic rings. The van der Waals surface area contributed by atoms with Crippen LogP contribution in [0.5, 0.6) is 0 Å². The fraction of sp³-hybridized carbons (Fsp3) is 0.250. The molecule has 0 fully saturated rings.